The number of hydrogen-bond acceptors (Lipinski definition) is 3. The third kappa shape index (κ3) is 2.92. The Labute approximate surface area is 118 Å². The van der Waals surface area contributed by atoms with E-state index in [1.807, 2.05) is 23.1 Å². The van der Waals surface area contributed by atoms with Gasteiger partial charge in [0.15, 0.2) is 0 Å². The molecule has 0 aliphatic heterocycles. The molecule has 2 aromatic heterocycles. The molecule has 20 heavy (non-hydrogen) atoms. The summed E-state index contributed by atoms with van der Waals surface area (Å²) < 4.78 is 6.90. The van der Waals surface area contributed by atoms with Crippen LogP contribution < -0.4 is 5.32 Å². The van der Waals surface area contributed by atoms with Gasteiger partial charge in [-0.2, -0.15) is 5.10 Å². The van der Waals surface area contributed by atoms with Crippen molar-refractivity contribution < 1.29 is 9.21 Å². The Bertz CT molecular complexity index is 553. The van der Waals surface area contributed by atoms with Gasteiger partial charge in [-0.25, -0.2) is 0 Å². The lowest BCUT2D eigenvalue weighted by atomic mass is 10.1. The molecule has 0 aromatic carbocycles. The highest BCUT2D eigenvalue weighted by Crippen LogP contribution is 2.24. The Morgan fingerprint density at radius 2 is 2.25 bits per heavy atom. The molecule has 0 saturated heterocycles. The molecule has 2 heterocycles. The molecule has 0 unspecified atom stereocenters. The van der Waals surface area contributed by atoms with E-state index >= 15 is 0 Å². The molecule has 1 aliphatic rings. The number of nitrogens with zero attached hydrogens (tertiary/aromatic N) is 2. The average Bonchev–Trinajstić information content (AvgIpc) is 3.20. The van der Waals surface area contributed by atoms with Crippen molar-refractivity contribution in [1.29, 1.82) is 0 Å². The van der Waals surface area contributed by atoms with Crippen molar-refractivity contribution in [3.8, 4) is 11.1 Å². The summed E-state index contributed by atoms with van der Waals surface area (Å²) in [5.74, 6) is 0.429. The first-order valence-corrected chi connectivity index (χ1v) is 7.15. The zero-order valence-corrected chi connectivity index (χ0v) is 11.4. The van der Waals surface area contributed by atoms with E-state index < -0.39 is 0 Å². The van der Waals surface area contributed by atoms with Crippen LogP contribution in [0.1, 0.15) is 25.7 Å². The fourth-order valence-corrected chi connectivity index (χ4v) is 2.69. The van der Waals surface area contributed by atoms with E-state index in [1.54, 1.807) is 12.5 Å². The fraction of sp³-hybridized carbons (Fsp3) is 0.467. The predicted molar refractivity (Wildman–Crippen MR) is 74.9 cm³/mol. The lowest BCUT2D eigenvalue weighted by molar-refractivity contribution is -0.124. The summed E-state index contributed by atoms with van der Waals surface area (Å²) in [5.41, 5.74) is 2.05. The molecule has 0 atom stereocenters. The van der Waals surface area contributed by atoms with E-state index in [2.05, 4.69) is 10.4 Å². The largest absolute Gasteiger partial charge is 0.472 e. The number of carbonyl (C=O) groups excluding carboxylic acids is 1. The second-order valence-corrected chi connectivity index (χ2v) is 5.28. The Hall–Kier alpha value is -2.04. The summed E-state index contributed by atoms with van der Waals surface area (Å²) in [6, 6.07) is 1.91. The van der Waals surface area contributed by atoms with Crippen LogP contribution >= 0.6 is 0 Å². The number of furan rings is 1. The molecule has 1 aliphatic carbocycles. The third-order valence-corrected chi connectivity index (χ3v) is 3.85. The summed E-state index contributed by atoms with van der Waals surface area (Å²) in [7, 11) is 0. The lowest BCUT2D eigenvalue weighted by Crippen LogP contribution is -2.32. The van der Waals surface area contributed by atoms with Crippen LogP contribution in [-0.2, 0) is 11.3 Å². The molecule has 1 amide bonds. The maximum atomic E-state index is 11.9. The molecular formula is C15H19N3O2. The Morgan fingerprint density at radius 3 is 3.00 bits per heavy atom. The van der Waals surface area contributed by atoms with Crippen LogP contribution in [0.3, 0.4) is 0 Å². The Balaban J connectivity index is 1.48. The van der Waals surface area contributed by atoms with Crippen LogP contribution in [0.5, 0.6) is 0 Å². The Morgan fingerprint density at radius 1 is 1.40 bits per heavy atom. The van der Waals surface area contributed by atoms with Gasteiger partial charge in [-0.15, -0.1) is 0 Å². The summed E-state index contributed by atoms with van der Waals surface area (Å²) in [5, 5.41) is 7.29. The maximum absolute atomic E-state index is 11.9. The Kier molecular flexibility index (Phi) is 3.85. The molecule has 1 saturated carbocycles. The molecule has 0 radical (unpaired) electrons. The maximum Gasteiger partial charge on any atom is 0.223 e. The second-order valence-electron chi connectivity index (χ2n) is 5.28. The smallest absolute Gasteiger partial charge is 0.223 e. The van der Waals surface area contributed by atoms with Gasteiger partial charge in [-0.1, -0.05) is 12.8 Å². The van der Waals surface area contributed by atoms with Crippen LogP contribution in [0.4, 0.5) is 0 Å². The van der Waals surface area contributed by atoms with E-state index in [1.165, 1.54) is 12.8 Å². The fourth-order valence-electron chi connectivity index (χ4n) is 2.69. The molecule has 0 bridgehead atoms. The van der Waals surface area contributed by atoms with Crippen LogP contribution in [0.15, 0.2) is 35.4 Å². The van der Waals surface area contributed by atoms with Gasteiger partial charge in [-0.3, -0.25) is 9.48 Å². The van der Waals surface area contributed by atoms with E-state index in [0.29, 0.717) is 13.1 Å². The molecule has 106 valence electrons. The standard InChI is InChI=1S/C15H19N3O2/c19-15(12-3-1-2-4-12)16-6-7-18-10-14(9-17-18)13-5-8-20-11-13/h5,8-12H,1-4,6-7H2,(H,16,19). The zero-order chi connectivity index (χ0) is 13.8. The highest BCUT2D eigenvalue weighted by molar-refractivity contribution is 5.78. The molecule has 5 nitrogen and oxygen atoms in total. The normalized spacial score (nSPS) is 15.6. The third-order valence-electron chi connectivity index (χ3n) is 3.85. The van der Waals surface area contributed by atoms with Crippen molar-refractivity contribution in [2.75, 3.05) is 6.54 Å². The molecule has 2 aromatic rings. The lowest BCUT2D eigenvalue weighted by Gasteiger charge is -2.10. The summed E-state index contributed by atoms with van der Waals surface area (Å²) in [6.45, 7) is 1.32. The molecule has 1 N–H and O–H groups in total. The first-order chi connectivity index (χ1) is 9.83. The summed E-state index contributed by atoms with van der Waals surface area (Å²) in [4.78, 5) is 11.9. The second kappa shape index (κ2) is 5.94. The van der Waals surface area contributed by atoms with Crippen LogP contribution in [0.2, 0.25) is 0 Å². The van der Waals surface area contributed by atoms with Gasteiger partial charge < -0.3 is 9.73 Å². The van der Waals surface area contributed by atoms with Crippen molar-refractivity contribution in [3.63, 3.8) is 0 Å². The first kappa shape index (κ1) is 13.0. The predicted octanol–water partition coefficient (Wildman–Crippen LogP) is 2.45. The number of rotatable bonds is 5. The average molecular weight is 273 g/mol. The highest BCUT2D eigenvalue weighted by Gasteiger charge is 2.21. The van der Waals surface area contributed by atoms with Gasteiger partial charge in [0, 0.05) is 29.8 Å². The SMILES string of the molecule is O=C(NCCn1cc(-c2ccoc2)cn1)C1CCCC1. The first-order valence-electron chi connectivity index (χ1n) is 7.15. The summed E-state index contributed by atoms with van der Waals surface area (Å²) >= 11 is 0. The van der Waals surface area contributed by atoms with Crippen molar-refractivity contribution in [2.24, 2.45) is 5.92 Å². The minimum Gasteiger partial charge on any atom is -0.472 e. The molecule has 5 heteroatoms. The van der Waals surface area contributed by atoms with E-state index in [-0.39, 0.29) is 11.8 Å². The molecule has 3 rings (SSSR count). The van der Waals surface area contributed by atoms with Crippen molar-refractivity contribution in [1.82, 2.24) is 15.1 Å². The minimum absolute atomic E-state index is 0.199. The van der Waals surface area contributed by atoms with E-state index in [9.17, 15) is 4.79 Å². The van der Waals surface area contributed by atoms with Crippen molar-refractivity contribution in [2.45, 2.75) is 32.2 Å². The number of carbonyl (C=O) groups is 1. The van der Waals surface area contributed by atoms with Gasteiger partial charge in [0.05, 0.1) is 25.3 Å². The van der Waals surface area contributed by atoms with Gasteiger partial charge in [0.1, 0.15) is 0 Å². The summed E-state index contributed by atoms with van der Waals surface area (Å²) in [6.07, 6.45) is 11.6. The number of aromatic nitrogens is 2. The van der Waals surface area contributed by atoms with Crippen LogP contribution in [-0.4, -0.2) is 22.2 Å². The van der Waals surface area contributed by atoms with E-state index in [0.717, 1.165) is 24.0 Å². The molecule has 0 spiro atoms. The monoisotopic (exact) mass is 273 g/mol. The number of hydrogen-bond donors (Lipinski definition) is 1. The topological polar surface area (TPSA) is 60.1 Å². The zero-order valence-electron chi connectivity index (χ0n) is 11.4. The van der Waals surface area contributed by atoms with E-state index in [4.69, 9.17) is 4.42 Å². The van der Waals surface area contributed by atoms with Gasteiger partial charge in [-0.05, 0) is 18.9 Å². The quantitative estimate of drug-likeness (QED) is 0.910. The number of nitrogens with one attached hydrogen (secondary N) is 1. The molecule has 1 fully saturated rings. The minimum atomic E-state index is 0.199. The number of amides is 1. The van der Waals surface area contributed by atoms with Gasteiger partial charge in [0.2, 0.25) is 5.91 Å². The van der Waals surface area contributed by atoms with Crippen LogP contribution in [0, 0.1) is 5.92 Å². The van der Waals surface area contributed by atoms with Gasteiger partial charge in [0.25, 0.3) is 0 Å². The molecular weight excluding hydrogens is 254 g/mol. The van der Waals surface area contributed by atoms with Crippen molar-refractivity contribution in [3.05, 3.63) is 31.0 Å². The highest BCUT2D eigenvalue weighted by atomic mass is 16.3. The van der Waals surface area contributed by atoms with Gasteiger partial charge >= 0.3 is 0 Å². The van der Waals surface area contributed by atoms with Crippen molar-refractivity contribution >= 4 is 5.91 Å². The van der Waals surface area contributed by atoms with Crippen LogP contribution in [0.25, 0.3) is 11.1 Å².